The Labute approximate surface area is 171 Å². The fourth-order valence-corrected chi connectivity index (χ4v) is 2.93. The first-order valence-corrected chi connectivity index (χ1v) is 9.62. The molecule has 0 aliphatic rings. The van der Waals surface area contributed by atoms with E-state index < -0.39 is 0 Å². The molecule has 0 N–H and O–H groups in total. The van der Waals surface area contributed by atoms with Crippen LogP contribution in [0.15, 0.2) is 87.8 Å². The van der Waals surface area contributed by atoms with Gasteiger partial charge >= 0.3 is 0 Å². The standard InChI is InChI=1S/C23H17BrN2O2/c24-19-13-10-17(11-14-19)16-23-26-25-22(28-23)15-12-18-6-4-5-9-21(18)27-20-7-2-1-3-8-20/h1-15H,16H2/b15-12+. The van der Waals surface area contributed by atoms with Gasteiger partial charge in [0.1, 0.15) is 11.5 Å². The van der Waals surface area contributed by atoms with Gasteiger partial charge in [-0.1, -0.05) is 64.5 Å². The molecule has 0 radical (unpaired) electrons. The molecule has 0 amide bonds. The number of rotatable bonds is 6. The summed E-state index contributed by atoms with van der Waals surface area (Å²) in [6, 6.07) is 25.6. The van der Waals surface area contributed by atoms with E-state index in [9.17, 15) is 0 Å². The van der Waals surface area contributed by atoms with E-state index in [-0.39, 0.29) is 0 Å². The number of hydrogen-bond acceptors (Lipinski definition) is 4. The largest absolute Gasteiger partial charge is 0.457 e. The van der Waals surface area contributed by atoms with Gasteiger partial charge in [-0.3, -0.25) is 0 Å². The van der Waals surface area contributed by atoms with Crippen molar-refractivity contribution >= 4 is 28.1 Å². The van der Waals surface area contributed by atoms with Crippen molar-refractivity contribution < 1.29 is 9.15 Å². The maximum atomic E-state index is 5.97. The van der Waals surface area contributed by atoms with Crippen LogP contribution in [0.1, 0.15) is 22.9 Å². The number of ether oxygens (including phenoxy) is 1. The summed E-state index contributed by atoms with van der Waals surface area (Å²) in [7, 11) is 0. The number of halogens is 1. The van der Waals surface area contributed by atoms with Crippen molar-refractivity contribution in [2.45, 2.75) is 6.42 Å². The first-order valence-electron chi connectivity index (χ1n) is 8.83. The highest BCUT2D eigenvalue weighted by Gasteiger charge is 2.06. The normalized spacial score (nSPS) is 11.0. The molecule has 0 aliphatic carbocycles. The third-order valence-corrected chi connectivity index (χ3v) is 4.58. The number of aromatic nitrogens is 2. The monoisotopic (exact) mass is 432 g/mol. The third kappa shape index (κ3) is 4.75. The van der Waals surface area contributed by atoms with Crippen LogP contribution in [-0.4, -0.2) is 10.2 Å². The van der Waals surface area contributed by atoms with E-state index in [0.717, 1.165) is 27.1 Å². The Morgan fingerprint density at radius 2 is 1.57 bits per heavy atom. The minimum absolute atomic E-state index is 0.460. The summed E-state index contributed by atoms with van der Waals surface area (Å²) in [4.78, 5) is 0. The molecular weight excluding hydrogens is 416 g/mol. The van der Waals surface area contributed by atoms with E-state index in [2.05, 4.69) is 26.1 Å². The maximum absolute atomic E-state index is 5.97. The molecule has 3 aromatic carbocycles. The number of para-hydroxylation sites is 2. The predicted molar refractivity (Wildman–Crippen MR) is 113 cm³/mol. The molecule has 0 unspecified atom stereocenters. The first kappa shape index (κ1) is 18.2. The SMILES string of the molecule is Brc1ccc(Cc2nnc(/C=C/c3ccccc3Oc3ccccc3)o2)cc1. The van der Waals surface area contributed by atoms with Crippen LogP contribution < -0.4 is 4.74 Å². The van der Waals surface area contributed by atoms with Crippen LogP contribution in [0, 0.1) is 0 Å². The van der Waals surface area contributed by atoms with E-state index in [1.807, 2.05) is 84.9 Å². The van der Waals surface area contributed by atoms with Crippen molar-refractivity contribution in [1.29, 1.82) is 0 Å². The Bertz CT molecular complexity index is 1070. The van der Waals surface area contributed by atoms with Crippen LogP contribution in [0.4, 0.5) is 0 Å². The topological polar surface area (TPSA) is 48.2 Å². The zero-order chi connectivity index (χ0) is 19.2. The van der Waals surface area contributed by atoms with Gasteiger partial charge in [-0.25, -0.2) is 0 Å². The predicted octanol–water partition coefficient (Wildman–Crippen LogP) is 6.39. The van der Waals surface area contributed by atoms with Crippen LogP contribution in [0.25, 0.3) is 12.2 Å². The number of hydrogen-bond donors (Lipinski definition) is 0. The molecule has 0 bridgehead atoms. The zero-order valence-corrected chi connectivity index (χ0v) is 16.5. The first-order chi connectivity index (χ1) is 13.8. The quantitative estimate of drug-likeness (QED) is 0.354. The van der Waals surface area contributed by atoms with Gasteiger partial charge in [-0.2, -0.15) is 0 Å². The van der Waals surface area contributed by atoms with Crippen molar-refractivity contribution in [2.24, 2.45) is 0 Å². The molecule has 0 aliphatic heterocycles. The van der Waals surface area contributed by atoms with E-state index >= 15 is 0 Å². The summed E-state index contributed by atoms with van der Waals surface area (Å²) in [6.45, 7) is 0. The average molecular weight is 433 g/mol. The Balaban J connectivity index is 1.48. The highest BCUT2D eigenvalue weighted by molar-refractivity contribution is 9.10. The summed E-state index contributed by atoms with van der Waals surface area (Å²) in [5.41, 5.74) is 2.04. The smallest absolute Gasteiger partial charge is 0.240 e. The Kier molecular flexibility index (Phi) is 5.64. The van der Waals surface area contributed by atoms with Crippen LogP contribution in [-0.2, 0) is 6.42 Å². The Morgan fingerprint density at radius 3 is 2.39 bits per heavy atom. The highest BCUT2D eigenvalue weighted by Crippen LogP contribution is 2.26. The van der Waals surface area contributed by atoms with Crippen LogP contribution in [0.5, 0.6) is 11.5 Å². The molecule has 4 nitrogen and oxygen atoms in total. The van der Waals surface area contributed by atoms with E-state index in [1.165, 1.54) is 0 Å². The lowest BCUT2D eigenvalue weighted by atomic mass is 10.1. The molecular formula is C23H17BrN2O2. The molecule has 0 saturated carbocycles. The van der Waals surface area contributed by atoms with Gasteiger partial charge < -0.3 is 9.15 Å². The highest BCUT2D eigenvalue weighted by atomic mass is 79.9. The molecule has 0 spiro atoms. The molecule has 4 aromatic rings. The second kappa shape index (κ2) is 8.67. The minimum Gasteiger partial charge on any atom is -0.457 e. The lowest BCUT2D eigenvalue weighted by Crippen LogP contribution is -1.87. The van der Waals surface area contributed by atoms with E-state index in [1.54, 1.807) is 6.08 Å². The van der Waals surface area contributed by atoms with Crippen molar-refractivity contribution in [3.8, 4) is 11.5 Å². The molecule has 28 heavy (non-hydrogen) atoms. The minimum atomic E-state index is 0.460. The molecule has 0 saturated heterocycles. The summed E-state index contributed by atoms with van der Waals surface area (Å²) in [5, 5.41) is 8.23. The van der Waals surface area contributed by atoms with Gasteiger partial charge in [0.2, 0.25) is 11.8 Å². The number of nitrogens with zero attached hydrogens (tertiary/aromatic N) is 2. The van der Waals surface area contributed by atoms with Crippen molar-refractivity contribution in [2.75, 3.05) is 0 Å². The Hall–Kier alpha value is -3.18. The van der Waals surface area contributed by atoms with Crippen LogP contribution in [0.3, 0.4) is 0 Å². The van der Waals surface area contributed by atoms with Gasteiger partial charge in [0.05, 0.1) is 6.42 Å². The fraction of sp³-hybridized carbons (Fsp3) is 0.0435. The van der Waals surface area contributed by atoms with Crippen molar-refractivity contribution in [1.82, 2.24) is 10.2 Å². The summed E-state index contributed by atoms with van der Waals surface area (Å²) < 4.78 is 12.7. The summed E-state index contributed by atoms with van der Waals surface area (Å²) >= 11 is 3.43. The molecule has 1 heterocycles. The van der Waals surface area contributed by atoms with Crippen molar-refractivity contribution in [3.05, 3.63) is 106 Å². The van der Waals surface area contributed by atoms with Crippen molar-refractivity contribution in [3.63, 3.8) is 0 Å². The molecule has 4 rings (SSSR count). The lowest BCUT2D eigenvalue weighted by Gasteiger charge is -2.08. The zero-order valence-electron chi connectivity index (χ0n) is 15.0. The van der Waals surface area contributed by atoms with Gasteiger partial charge in [0.25, 0.3) is 0 Å². The van der Waals surface area contributed by atoms with Crippen LogP contribution >= 0.6 is 15.9 Å². The molecule has 1 aromatic heterocycles. The lowest BCUT2D eigenvalue weighted by molar-refractivity contribution is 0.481. The van der Waals surface area contributed by atoms with Gasteiger partial charge in [-0.15, -0.1) is 10.2 Å². The van der Waals surface area contributed by atoms with Gasteiger partial charge in [0.15, 0.2) is 0 Å². The second-order valence-electron chi connectivity index (χ2n) is 6.12. The summed E-state index contributed by atoms with van der Waals surface area (Å²) in [6.07, 6.45) is 4.31. The molecule has 0 fully saturated rings. The van der Waals surface area contributed by atoms with Gasteiger partial charge in [-0.05, 0) is 42.0 Å². The van der Waals surface area contributed by atoms with E-state index in [4.69, 9.17) is 9.15 Å². The fourth-order valence-electron chi connectivity index (χ4n) is 2.67. The molecule has 5 heteroatoms. The Morgan fingerprint density at radius 1 is 0.821 bits per heavy atom. The second-order valence-corrected chi connectivity index (χ2v) is 7.04. The van der Waals surface area contributed by atoms with Crippen LogP contribution in [0.2, 0.25) is 0 Å². The summed E-state index contributed by atoms with van der Waals surface area (Å²) in [5.74, 6) is 2.59. The maximum Gasteiger partial charge on any atom is 0.240 e. The molecule has 0 atom stereocenters. The number of benzene rings is 3. The average Bonchev–Trinajstić information content (AvgIpc) is 3.17. The van der Waals surface area contributed by atoms with E-state index in [0.29, 0.717) is 18.2 Å². The third-order valence-electron chi connectivity index (χ3n) is 4.05. The van der Waals surface area contributed by atoms with Gasteiger partial charge in [0, 0.05) is 16.1 Å². The molecule has 138 valence electrons.